The van der Waals surface area contributed by atoms with Crippen LogP contribution in [0.5, 0.6) is 0 Å². The zero-order valence-corrected chi connectivity index (χ0v) is 32.5. The van der Waals surface area contributed by atoms with Crippen molar-refractivity contribution in [3.63, 3.8) is 0 Å². The number of benzene rings is 10. The van der Waals surface area contributed by atoms with Gasteiger partial charge in [0, 0.05) is 5.41 Å². The largest absolute Gasteiger partial charge is 0.0616 e. The van der Waals surface area contributed by atoms with Crippen LogP contribution in [-0.2, 0) is 5.41 Å². The maximum Gasteiger partial charge on any atom is 0.0215 e. The standard InChI is InChI=1S/C58H42/c1-6-34-58(35-7-1)56-36-40(44-20-10-26-52-48(44)24-12-28-50(52)46-22-8-16-38-14-2-4-18-42(38)46)30-32-54(56)55-33-31-41(37-57(55)58)45-21-11-27-53-49(45)25-13-29-51(53)47-23-9-17-39-15-3-5-19-43(39)47/h2-5,8-33,36-37H,1,6-7,34-35H2. The molecule has 274 valence electrons. The van der Waals surface area contributed by atoms with Gasteiger partial charge in [0.25, 0.3) is 0 Å². The maximum atomic E-state index is 2.58. The van der Waals surface area contributed by atoms with E-state index >= 15 is 0 Å². The van der Waals surface area contributed by atoms with E-state index in [4.69, 9.17) is 0 Å². The van der Waals surface area contributed by atoms with Crippen LogP contribution < -0.4 is 0 Å². The molecule has 1 fully saturated rings. The first-order valence-electron chi connectivity index (χ1n) is 21.1. The van der Waals surface area contributed by atoms with Crippen LogP contribution >= 0.6 is 0 Å². The fourth-order valence-corrected chi connectivity index (χ4v) is 11.0. The first-order valence-corrected chi connectivity index (χ1v) is 21.1. The van der Waals surface area contributed by atoms with Gasteiger partial charge < -0.3 is 0 Å². The SMILES string of the molecule is c1ccc2c(-c3cccc4c(-c5ccc6c(c5)C5(CCCCC5)c5cc(-c7cccc8c(-c9cccc%10ccccc9%10)cccc78)ccc5-6)cccc34)cccc2c1. The maximum absolute atomic E-state index is 2.58. The summed E-state index contributed by atoms with van der Waals surface area (Å²) in [7, 11) is 0. The fourth-order valence-electron chi connectivity index (χ4n) is 11.0. The third kappa shape index (κ3) is 5.01. The molecule has 0 aliphatic heterocycles. The Bertz CT molecular complexity index is 3040. The molecule has 1 spiro atoms. The Balaban J connectivity index is 0.987. The van der Waals surface area contributed by atoms with Crippen LogP contribution in [0.25, 0.3) is 98.7 Å². The van der Waals surface area contributed by atoms with Gasteiger partial charge in [-0.25, -0.2) is 0 Å². The number of hydrogen-bond donors (Lipinski definition) is 0. The predicted octanol–water partition coefficient (Wildman–Crippen LogP) is 16.2. The Labute approximate surface area is 340 Å². The van der Waals surface area contributed by atoms with Gasteiger partial charge in [-0.2, -0.15) is 0 Å². The van der Waals surface area contributed by atoms with E-state index in [0.717, 1.165) is 0 Å². The van der Waals surface area contributed by atoms with E-state index in [1.54, 1.807) is 0 Å². The highest BCUT2D eigenvalue weighted by Crippen LogP contribution is 2.57. The van der Waals surface area contributed by atoms with E-state index in [-0.39, 0.29) is 5.41 Å². The number of fused-ring (bicyclic) bond motifs is 9. The van der Waals surface area contributed by atoms with Crippen LogP contribution in [0.3, 0.4) is 0 Å². The highest BCUT2D eigenvalue weighted by atomic mass is 14.5. The summed E-state index contributed by atoms with van der Waals surface area (Å²) in [5.41, 5.74) is 16.3. The molecule has 2 aliphatic carbocycles. The summed E-state index contributed by atoms with van der Waals surface area (Å²) in [6.07, 6.45) is 6.23. The molecule has 0 amide bonds. The lowest BCUT2D eigenvalue weighted by Gasteiger charge is -2.36. The van der Waals surface area contributed by atoms with Crippen LogP contribution in [0.1, 0.15) is 43.2 Å². The molecule has 12 rings (SSSR count). The second-order valence-electron chi connectivity index (χ2n) is 16.6. The van der Waals surface area contributed by atoms with Crippen LogP contribution in [0.2, 0.25) is 0 Å². The van der Waals surface area contributed by atoms with Gasteiger partial charge in [0.1, 0.15) is 0 Å². The number of hydrogen-bond acceptors (Lipinski definition) is 0. The van der Waals surface area contributed by atoms with Crippen LogP contribution in [0, 0.1) is 0 Å². The van der Waals surface area contributed by atoms with Crippen molar-refractivity contribution in [2.45, 2.75) is 37.5 Å². The van der Waals surface area contributed by atoms with Crippen molar-refractivity contribution in [1.82, 2.24) is 0 Å². The molecule has 0 aromatic heterocycles. The highest BCUT2D eigenvalue weighted by Gasteiger charge is 2.44. The van der Waals surface area contributed by atoms with Gasteiger partial charge in [-0.3, -0.25) is 0 Å². The molecular weight excluding hydrogens is 697 g/mol. The van der Waals surface area contributed by atoms with Crippen molar-refractivity contribution < 1.29 is 0 Å². The second-order valence-corrected chi connectivity index (χ2v) is 16.6. The monoisotopic (exact) mass is 738 g/mol. The van der Waals surface area contributed by atoms with Crippen molar-refractivity contribution in [3.05, 3.63) is 205 Å². The third-order valence-corrected chi connectivity index (χ3v) is 13.7. The smallest absolute Gasteiger partial charge is 0.0215 e. The van der Waals surface area contributed by atoms with E-state index in [1.165, 1.54) is 142 Å². The quantitative estimate of drug-likeness (QED) is 0.169. The minimum absolute atomic E-state index is 0.0202. The molecule has 2 aliphatic rings. The molecule has 0 nitrogen and oxygen atoms in total. The Morgan fingerprint density at radius 2 is 0.603 bits per heavy atom. The summed E-state index contributed by atoms with van der Waals surface area (Å²) in [5.74, 6) is 0. The van der Waals surface area contributed by atoms with Gasteiger partial charge >= 0.3 is 0 Å². The predicted molar refractivity (Wildman–Crippen MR) is 248 cm³/mol. The molecular formula is C58H42. The summed E-state index contributed by atoms with van der Waals surface area (Å²) in [6.45, 7) is 0. The van der Waals surface area contributed by atoms with E-state index < -0.39 is 0 Å². The molecule has 10 aromatic carbocycles. The summed E-state index contributed by atoms with van der Waals surface area (Å²) < 4.78 is 0. The topological polar surface area (TPSA) is 0 Å². The third-order valence-electron chi connectivity index (χ3n) is 13.7. The van der Waals surface area contributed by atoms with Gasteiger partial charge in [-0.1, -0.05) is 201 Å². The van der Waals surface area contributed by atoms with Gasteiger partial charge in [0.2, 0.25) is 0 Å². The molecule has 0 heterocycles. The molecule has 58 heavy (non-hydrogen) atoms. The minimum Gasteiger partial charge on any atom is -0.0616 e. The van der Waals surface area contributed by atoms with E-state index in [1.807, 2.05) is 0 Å². The Kier molecular flexibility index (Phi) is 7.57. The Morgan fingerprint density at radius 3 is 1.07 bits per heavy atom. The molecule has 0 bridgehead atoms. The normalized spacial score (nSPS) is 14.3. The molecule has 0 N–H and O–H groups in total. The zero-order chi connectivity index (χ0) is 38.2. The molecule has 10 aromatic rings. The molecule has 0 atom stereocenters. The average Bonchev–Trinajstić information content (AvgIpc) is 3.55. The van der Waals surface area contributed by atoms with Crippen LogP contribution in [-0.4, -0.2) is 0 Å². The lowest BCUT2D eigenvalue weighted by molar-refractivity contribution is 0.353. The summed E-state index contributed by atoms with van der Waals surface area (Å²) in [6, 6.07) is 73.2. The van der Waals surface area contributed by atoms with E-state index in [9.17, 15) is 0 Å². The van der Waals surface area contributed by atoms with Gasteiger partial charge in [0.15, 0.2) is 0 Å². The van der Waals surface area contributed by atoms with Crippen molar-refractivity contribution in [1.29, 1.82) is 0 Å². The van der Waals surface area contributed by atoms with Crippen molar-refractivity contribution in [3.8, 4) is 55.6 Å². The summed E-state index contributed by atoms with van der Waals surface area (Å²) in [4.78, 5) is 0. The van der Waals surface area contributed by atoms with Gasteiger partial charge in [-0.05, 0) is 135 Å². The molecule has 0 saturated heterocycles. The zero-order valence-electron chi connectivity index (χ0n) is 32.5. The molecule has 1 saturated carbocycles. The van der Waals surface area contributed by atoms with Crippen LogP contribution in [0.15, 0.2) is 194 Å². The van der Waals surface area contributed by atoms with Crippen LogP contribution in [0.4, 0.5) is 0 Å². The average molecular weight is 739 g/mol. The lowest BCUT2D eigenvalue weighted by atomic mass is 9.67. The first-order chi connectivity index (χ1) is 28.7. The summed E-state index contributed by atoms with van der Waals surface area (Å²) >= 11 is 0. The van der Waals surface area contributed by atoms with E-state index in [0.29, 0.717) is 0 Å². The van der Waals surface area contributed by atoms with Crippen molar-refractivity contribution in [2.24, 2.45) is 0 Å². The summed E-state index contributed by atoms with van der Waals surface area (Å²) in [5, 5.41) is 10.4. The second kappa shape index (κ2) is 13.2. The Morgan fingerprint density at radius 1 is 0.259 bits per heavy atom. The van der Waals surface area contributed by atoms with Crippen molar-refractivity contribution in [2.75, 3.05) is 0 Å². The van der Waals surface area contributed by atoms with Gasteiger partial charge in [0.05, 0.1) is 0 Å². The fraction of sp³-hybridized carbons (Fsp3) is 0.103. The van der Waals surface area contributed by atoms with E-state index in [2.05, 4.69) is 194 Å². The van der Waals surface area contributed by atoms with Crippen molar-refractivity contribution >= 4 is 43.1 Å². The molecule has 0 radical (unpaired) electrons. The highest BCUT2D eigenvalue weighted by molar-refractivity contribution is 6.11. The minimum atomic E-state index is 0.0202. The first kappa shape index (κ1) is 33.4. The van der Waals surface area contributed by atoms with Gasteiger partial charge in [-0.15, -0.1) is 0 Å². The number of rotatable bonds is 4. The molecule has 0 heteroatoms. The molecule has 0 unspecified atom stereocenters. The Hall–Kier alpha value is -6.76. The lowest BCUT2D eigenvalue weighted by Crippen LogP contribution is -2.28.